The van der Waals surface area contributed by atoms with Crippen LogP contribution in [0.2, 0.25) is 0 Å². The molecule has 0 fully saturated rings. The lowest BCUT2D eigenvalue weighted by atomic mass is 10.1. The van der Waals surface area contributed by atoms with Crippen LogP contribution in [0, 0.1) is 11.6 Å². The maximum atomic E-state index is 14.0. The van der Waals surface area contributed by atoms with Crippen LogP contribution in [-0.2, 0) is 4.79 Å². The zero-order valence-corrected chi connectivity index (χ0v) is 15.5. The summed E-state index contributed by atoms with van der Waals surface area (Å²) in [7, 11) is 0. The molecule has 0 radical (unpaired) electrons. The lowest BCUT2D eigenvalue weighted by molar-refractivity contribution is -0.118. The topological polar surface area (TPSA) is 102 Å². The van der Waals surface area contributed by atoms with E-state index in [2.05, 4.69) is 4.98 Å². The summed E-state index contributed by atoms with van der Waals surface area (Å²) in [6.45, 7) is 1.54. The molecule has 3 rings (SSSR count). The van der Waals surface area contributed by atoms with Crippen LogP contribution in [0.3, 0.4) is 0 Å². The largest absolute Gasteiger partial charge is 0.382 e. The predicted octanol–water partition coefficient (Wildman–Crippen LogP) is 3.25. The van der Waals surface area contributed by atoms with Gasteiger partial charge in [0.1, 0.15) is 28.4 Å². The van der Waals surface area contributed by atoms with Gasteiger partial charge in [-0.05, 0) is 43.3 Å². The zero-order chi connectivity index (χ0) is 20.4. The second kappa shape index (κ2) is 7.73. The van der Waals surface area contributed by atoms with E-state index >= 15 is 0 Å². The van der Waals surface area contributed by atoms with Crippen LogP contribution >= 0.6 is 11.3 Å². The number of hydrogen-bond acceptors (Lipinski definition) is 6. The van der Waals surface area contributed by atoms with Gasteiger partial charge in [0.15, 0.2) is 5.13 Å². The third-order valence-electron chi connectivity index (χ3n) is 4.08. The average Bonchev–Trinajstić information content (AvgIpc) is 3.04. The Bertz CT molecular complexity index is 1040. The molecule has 0 saturated carbocycles. The minimum absolute atomic E-state index is 0.0314. The van der Waals surface area contributed by atoms with Gasteiger partial charge in [-0.3, -0.25) is 9.59 Å². The van der Waals surface area contributed by atoms with Gasteiger partial charge in [-0.1, -0.05) is 23.5 Å². The Morgan fingerprint density at radius 1 is 1.11 bits per heavy atom. The maximum absolute atomic E-state index is 14.0. The smallest absolute Gasteiger partial charge is 0.240 e. The van der Waals surface area contributed by atoms with E-state index < -0.39 is 29.4 Å². The second-order valence-electron chi connectivity index (χ2n) is 5.94. The summed E-state index contributed by atoms with van der Waals surface area (Å²) in [6.07, 6.45) is 0. The molecule has 0 aliphatic rings. The van der Waals surface area contributed by atoms with Gasteiger partial charge in [-0.2, -0.15) is 0 Å². The number of nitrogen functional groups attached to an aromatic ring is 1. The molecule has 28 heavy (non-hydrogen) atoms. The number of hydrogen-bond donors (Lipinski definition) is 2. The van der Waals surface area contributed by atoms with Crippen LogP contribution in [0.5, 0.6) is 0 Å². The van der Waals surface area contributed by atoms with Crippen molar-refractivity contribution in [1.82, 2.24) is 4.98 Å². The van der Waals surface area contributed by atoms with Crippen molar-refractivity contribution < 1.29 is 18.4 Å². The Labute approximate surface area is 163 Å². The normalized spacial score (nSPS) is 11.8. The van der Waals surface area contributed by atoms with Crippen molar-refractivity contribution in [2.75, 3.05) is 10.6 Å². The van der Waals surface area contributed by atoms with Gasteiger partial charge >= 0.3 is 0 Å². The molecule has 6 nitrogen and oxygen atoms in total. The third-order valence-corrected chi connectivity index (χ3v) is 5.15. The molecular weight excluding hydrogens is 386 g/mol. The van der Waals surface area contributed by atoms with Crippen molar-refractivity contribution in [1.29, 1.82) is 0 Å². The van der Waals surface area contributed by atoms with Crippen molar-refractivity contribution in [2.24, 2.45) is 5.73 Å². The summed E-state index contributed by atoms with van der Waals surface area (Å²) < 4.78 is 27.3. The number of anilines is 3. The van der Waals surface area contributed by atoms with Crippen LogP contribution < -0.4 is 16.4 Å². The standard InChI is InChI=1S/C19H16F2N4O2S/c1-10(18(23)27)25(12-8-6-11(20)7-9-12)19-24-17(22)16(28-19)15(26)13-4-2-3-5-14(13)21/h2-10H,22H2,1H3,(H2,23,27). The molecular formula is C19H16F2N4O2S. The first-order valence-electron chi connectivity index (χ1n) is 8.19. The minimum atomic E-state index is -0.854. The van der Waals surface area contributed by atoms with E-state index in [1.165, 1.54) is 53.4 Å². The molecule has 1 heterocycles. The van der Waals surface area contributed by atoms with E-state index in [9.17, 15) is 18.4 Å². The molecule has 9 heteroatoms. The van der Waals surface area contributed by atoms with Crippen molar-refractivity contribution in [3.8, 4) is 0 Å². The molecule has 0 spiro atoms. The molecule has 3 aromatic rings. The Balaban J connectivity index is 2.06. The fraction of sp³-hybridized carbons (Fsp3) is 0.105. The SMILES string of the molecule is CC(C(N)=O)N(c1ccc(F)cc1)c1nc(N)c(C(=O)c2ccccc2F)s1. The quantitative estimate of drug-likeness (QED) is 0.616. The highest BCUT2D eigenvalue weighted by atomic mass is 32.1. The fourth-order valence-electron chi connectivity index (χ4n) is 2.58. The third kappa shape index (κ3) is 3.70. The molecule has 1 amide bonds. The van der Waals surface area contributed by atoms with E-state index in [0.717, 1.165) is 11.3 Å². The van der Waals surface area contributed by atoms with Gasteiger partial charge in [0.2, 0.25) is 11.7 Å². The summed E-state index contributed by atoms with van der Waals surface area (Å²) in [6, 6.07) is 10.0. The molecule has 2 aromatic carbocycles. The molecule has 144 valence electrons. The Morgan fingerprint density at radius 3 is 2.36 bits per heavy atom. The monoisotopic (exact) mass is 402 g/mol. The highest BCUT2D eigenvalue weighted by Crippen LogP contribution is 2.36. The lowest BCUT2D eigenvalue weighted by Gasteiger charge is -2.26. The minimum Gasteiger partial charge on any atom is -0.382 e. The number of ketones is 1. The Morgan fingerprint density at radius 2 is 1.75 bits per heavy atom. The molecule has 1 aromatic heterocycles. The van der Waals surface area contributed by atoms with Gasteiger partial charge in [0.25, 0.3) is 0 Å². The van der Waals surface area contributed by atoms with Gasteiger partial charge in [-0.15, -0.1) is 0 Å². The maximum Gasteiger partial charge on any atom is 0.240 e. The number of carbonyl (C=O) groups excluding carboxylic acids is 2. The number of carbonyl (C=O) groups is 2. The van der Waals surface area contributed by atoms with Crippen LogP contribution in [0.1, 0.15) is 22.2 Å². The molecule has 0 saturated heterocycles. The first kappa shape index (κ1) is 19.4. The van der Waals surface area contributed by atoms with Gasteiger partial charge in [-0.25, -0.2) is 13.8 Å². The fourth-order valence-corrected chi connectivity index (χ4v) is 3.62. The highest BCUT2D eigenvalue weighted by Gasteiger charge is 2.28. The van der Waals surface area contributed by atoms with E-state index in [4.69, 9.17) is 11.5 Å². The van der Waals surface area contributed by atoms with Gasteiger partial charge in [0.05, 0.1) is 5.56 Å². The van der Waals surface area contributed by atoms with Gasteiger partial charge < -0.3 is 16.4 Å². The van der Waals surface area contributed by atoms with E-state index in [1.54, 1.807) is 6.92 Å². The molecule has 4 N–H and O–H groups in total. The summed E-state index contributed by atoms with van der Waals surface area (Å²) >= 11 is 0.896. The molecule has 0 bridgehead atoms. The molecule has 0 aliphatic carbocycles. The summed E-state index contributed by atoms with van der Waals surface area (Å²) in [5, 5.41) is 0.204. The first-order chi connectivity index (χ1) is 13.3. The Hall–Kier alpha value is -3.33. The number of primary amides is 1. The summed E-state index contributed by atoms with van der Waals surface area (Å²) in [5.41, 5.74) is 11.6. The summed E-state index contributed by atoms with van der Waals surface area (Å²) in [5.74, 6) is -2.51. The highest BCUT2D eigenvalue weighted by molar-refractivity contribution is 7.18. The van der Waals surface area contributed by atoms with Crippen molar-refractivity contribution in [3.63, 3.8) is 0 Å². The van der Waals surface area contributed by atoms with Crippen molar-refractivity contribution in [2.45, 2.75) is 13.0 Å². The molecule has 1 atom stereocenters. The molecule has 1 unspecified atom stereocenters. The van der Waals surface area contributed by atoms with Crippen LogP contribution in [0.4, 0.5) is 25.4 Å². The number of amides is 1. The number of benzene rings is 2. The number of nitrogens with zero attached hydrogens (tertiary/aromatic N) is 2. The van der Waals surface area contributed by atoms with Crippen LogP contribution in [-0.4, -0.2) is 22.7 Å². The van der Waals surface area contributed by atoms with Crippen LogP contribution in [0.15, 0.2) is 48.5 Å². The lowest BCUT2D eigenvalue weighted by Crippen LogP contribution is -2.39. The predicted molar refractivity (Wildman–Crippen MR) is 104 cm³/mol. The Kier molecular flexibility index (Phi) is 5.36. The summed E-state index contributed by atoms with van der Waals surface area (Å²) in [4.78, 5) is 30.1. The number of halogens is 2. The van der Waals surface area contributed by atoms with E-state index in [0.29, 0.717) is 5.69 Å². The second-order valence-corrected chi connectivity index (χ2v) is 6.92. The zero-order valence-electron chi connectivity index (χ0n) is 14.7. The van der Waals surface area contributed by atoms with E-state index in [1.807, 2.05) is 0 Å². The first-order valence-corrected chi connectivity index (χ1v) is 9.01. The number of rotatable bonds is 6. The van der Waals surface area contributed by atoms with Crippen LogP contribution in [0.25, 0.3) is 0 Å². The van der Waals surface area contributed by atoms with Crippen molar-refractivity contribution in [3.05, 3.63) is 70.6 Å². The van der Waals surface area contributed by atoms with Gasteiger partial charge in [0, 0.05) is 5.69 Å². The number of nitrogens with two attached hydrogens (primary N) is 2. The number of aromatic nitrogens is 1. The van der Waals surface area contributed by atoms with Crippen molar-refractivity contribution >= 4 is 39.7 Å². The average molecular weight is 402 g/mol. The molecule has 0 aliphatic heterocycles. The van der Waals surface area contributed by atoms with E-state index in [-0.39, 0.29) is 21.4 Å². The number of thiazole rings is 1.